The summed E-state index contributed by atoms with van der Waals surface area (Å²) in [5, 5.41) is 13.3. The second-order valence-electron chi connectivity index (χ2n) is 7.84. The number of para-hydroxylation sites is 1. The van der Waals surface area contributed by atoms with Gasteiger partial charge < -0.3 is 25.6 Å². The number of amides is 1. The molecule has 1 amide bonds. The molecule has 2 rings (SSSR count). The summed E-state index contributed by atoms with van der Waals surface area (Å²) in [6, 6.07) is 17.2. The Kier molecular flexibility index (Phi) is 10.3. The Balaban J connectivity index is 1.75. The smallest absolute Gasteiger partial charge is 0.261 e. The van der Waals surface area contributed by atoms with Crippen molar-refractivity contribution in [1.82, 2.24) is 5.32 Å². The molecule has 0 bridgehead atoms. The van der Waals surface area contributed by atoms with Crippen molar-refractivity contribution in [1.29, 1.82) is 0 Å². The quantitative estimate of drug-likeness (QED) is 0.378. The molecule has 0 heterocycles. The van der Waals surface area contributed by atoms with E-state index in [4.69, 9.17) is 15.2 Å². The molecule has 0 radical (unpaired) electrons. The van der Waals surface area contributed by atoms with E-state index >= 15 is 0 Å². The lowest BCUT2D eigenvalue weighted by atomic mass is 9.91. The molecular weight excluding hydrogens is 392 g/mol. The molecule has 1 atom stereocenters. The zero-order valence-electron chi connectivity index (χ0n) is 18.7. The molecule has 6 heteroatoms. The van der Waals surface area contributed by atoms with Gasteiger partial charge in [0.15, 0.2) is 5.60 Å². The Labute approximate surface area is 185 Å². The number of nitrogens with two attached hydrogens (primary N) is 1. The van der Waals surface area contributed by atoms with Gasteiger partial charge in [0, 0.05) is 6.54 Å². The van der Waals surface area contributed by atoms with Crippen LogP contribution in [0, 0.1) is 0 Å². The number of aliphatic hydroxyl groups excluding tert-OH is 1. The molecule has 4 N–H and O–H groups in total. The minimum Gasteiger partial charge on any atom is -0.491 e. The van der Waals surface area contributed by atoms with Gasteiger partial charge in [-0.25, -0.2) is 0 Å². The van der Waals surface area contributed by atoms with Crippen LogP contribution in [-0.4, -0.2) is 42.4 Å². The van der Waals surface area contributed by atoms with E-state index < -0.39 is 17.6 Å². The fourth-order valence-corrected chi connectivity index (χ4v) is 3.55. The third kappa shape index (κ3) is 8.23. The predicted molar refractivity (Wildman–Crippen MR) is 123 cm³/mol. The number of benzene rings is 2. The van der Waals surface area contributed by atoms with E-state index in [0.29, 0.717) is 25.1 Å². The highest BCUT2D eigenvalue weighted by atomic mass is 16.5. The number of carbonyl (C=O) groups excluding carboxylic acids is 1. The molecule has 170 valence electrons. The number of rotatable bonds is 15. The number of nitrogens with one attached hydrogen (secondary N) is 1. The molecule has 0 saturated heterocycles. The van der Waals surface area contributed by atoms with E-state index in [0.717, 1.165) is 37.1 Å². The van der Waals surface area contributed by atoms with Crippen molar-refractivity contribution in [2.45, 2.75) is 57.7 Å². The predicted octanol–water partition coefficient (Wildman–Crippen LogP) is 3.46. The van der Waals surface area contributed by atoms with Gasteiger partial charge in [-0.2, -0.15) is 0 Å². The normalized spacial score (nSPS) is 12.4. The van der Waals surface area contributed by atoms with Gasteiger partial charge in [-0.1, -0.05) is 57.0 Å². The van der Waals surface area contributed by atoms with E-state index in [1.807, 2.05) is 68.4 Å². The minimum absolute atomic E-state index is 0.250. The van der Waals surface area contributed by atoms with Crippen LogP contribution in [0.4, 0.5) is 0 Å². The fourth-order valence-electron chi connectivity index (χ4n) is 3.55. The summed E-state index contributed by atoms with van der Waals surface area (Å²) in [5.41, 5.74) is 5.88. The van der Waals surface area contributed by atoms with Gasteiger partial charge in [0.2, 0.25) is 0 Å². The summed E-state index contributed by atoms with van der Waals surface area (Å²) in [4.78, 5) is 12.1. The highest BCUT2D eigenvalue weighted by Gasteiger charge is 2.37. The molecule has 0 aliphatic carbocycles. The molecule has 0 fully saturated rings. The summed E-state index contributed by atoms with van der Waals surface area (Å²) in [7, 11) is 0. The van der Waals surface area contributed by atoms with Gasteiger partial charge in [-0.3, -0.25) is 4.79 Å². The van der Waals surface area contributed by atoms with Crippen molar-refractivity contribution in [3.05, 3.63) is 60.2 Å². The molecule has 0 saturated carbocycles. The molecular formula is C25H36N2O4. The highest BCUT2D eigenvalue weighted by molar-refractivity contribution is 5.83. The maximum Gasteiger partial charge on any atom is 0.261 e. The third-order valence-electron chi connectivity index (χ3n) is 5.15. The first-order chi connectivity index (χ1) is 15.0. The molecule has 0 aliphatic rings. The summed E-state index contributed by atoms with van der Waals surface area (Å²) >= 11 is 0. The summed E-state index contributed by atoms with van der Waals surface area (Å²) in [6.45, 7) is 5.50. The minimum atomic E-state index is -0.940. The van der Waals surface area contributed by atoms with E-state index in [1.165, 1.54) is 0 Å². The number of hydrogen-bond donors (Lipinski definition) is 3. The Morgan fingerprint density at radius 3 is 2.26 bits per heavy atom. The summed E-state index contributed by atoms with van der Waals surface area (Å²) < 4.78 is 11.6. The third-order valence-corrected chi connectivity index (χ3v) is 5.15. The SMILES string of the molecule is CCCC(CCC)(Oc1ccc(CCNCC(O)COc2ccccc2)cc1)C(N)=O. The number of ether oxygens (including phenoxy) is 2. The van der Waals surface area contributed by atoms with Crippen molar-refractivity contribution in [2.24, 2.45) is 5.73 Å². The van der Waals surface area contributed by atoms with Crippen molar-refractivity contribution in [2.75, 3.05) is 19.7 Å². The summed E-state index contributed by atoms with van der Waals surface area (Å²) in [6.07, 6.45) is 3.12. The van der Waals surface area contributed by atoms with Crippen LogP contribution in [0.1, 0.15) is 45.1 Å². The Morgan fingerprint density at radius 2 is 1.68 bits per heavy atom. The van der Waals surface area contributed by atoms with Crippen LogP contribution >= 0.6 is 0 Å². The van der Waals surface area contributed by atoms with E-state index in [9.17, 15) is 9.90 Å². The molecule has 31 heavy (non-hydrogen) atoms. The van der Waals surface area contributed by atoms with Crippen molar-refractivity contribution in [3.63, 3.8) is 0 Å². The Bertz CT molecular complexity index is 759. The average Bonchev–Trinajstić information content (AvgIpc) is 2.77. The first-order valence-corrected chi connectivity index (χ1v) is 11.1. The number of hydrogen-bond acceptors (Lipinski definition) is 5. The second kappa shape index (κ2) is 13.0. The lowest BCUT2D eigenvalue weighted by Gasteiger charge is -2.31. The topological polar surface area (TPSA) is 93.8 Å². The second-order valence-corrected chi connectivity index (χ2v) is 7.84. The van der Waals surface area contributed by atoms with Gasteiger partial charge in [0.1, 0.15) is 24.2 Å². The Morgan fingerprint density at radius 1 is 1.03 bits per heavy atom. The van der Waals surface area contributed by atoms with E-state index in [1.54, 1.807) is 0 Å². The van der Waals surface area contributed by atoms with Crippen LogP contribution in [-0.2, 0) is 11.2 Å². The molecule has 0 aromatic heterocycles. The molecule has 0 spiro atoms. The highest BCUT2D eigenvalue weighted by Crippen LogP contribution is 2.27. The molecule has 6 nitrogen and oxygen atoms in total. The number of carbonyl (C=O) groups is 1. The maximum atomic E-state index is 12.1. The van der Waals surface area contributed by atoms with Gasteiger partial charge in [0.05, 0.1) is 0 Å². The van der Waals surface area contributed by atoms with Crippen LogP contribution in [0.5, 0.6) is 11.5 Å². The average molecular weight is 429 g/mol. The van der Waals surface area contributed by atoms with Crippen LogP contribution in [0.2, 0.25) is 0 Å². The summed E-state index contributed by atoms with van der Waals surface area (Å²) in [5.74, 6) is 1.01. The van der Waals surface area contributed by atoms with Crippen LogP contribution in [0.3, 0.4) is 0 Å². The largest absolute Gasteiger partial charge is 0.491 e. The molecule has 1 unspecified atom stereocenters. The van der Waals surface area contributed by atoms with Crippen molar-refractivity contribution in [3.8, 4) is 11.5 Å². The van der Waals surface area contributed by atoms with Gasteiger partial charge in [0.25, 0.3) is 5.91 Å². The molecule has 2 aromatic rings. The van der Waals surface area contributed by atoms with Crippen LogP contribution in [0.15, 0.2) is 54.6 Å². The standard InChI is InChI=1S/C25H36N2O4/c1-3-15-25(16-4-2,24(26)29)31-23-12-10-20(11-13-23)14-17-27-18-21(28)19-30-22-8-6-5-7-9-22/h5-13,21,27-28H,3-4,14-19H2,1-2H3,(H2,26,29). The van der Waals surface area contributed by atoms with Crippen LogP contribution < -0.4 is 20.5 Å². The van der Waals surface area contributed by atoms with Gasteiger partial charge >= 0.3 is 0 Å². The first kappa shape index (κ1) is 24.7. The lowest BCUT2D eigenvalue weighted by molar-refractivity contribution is -0.134. The molecule has 2 aromatic carbocycles. The number of aliphatic hydroxyl groups is 1. The van der Waals surface area contributed by atoms with Gasteiger partial charge in [-0.05, 0) is 55.6 Å². The first-order valence-electron chi connectivity index (χ1n) is 11.1. The van der Waals surface area contributed by atoms with Crippen LogP contribution in [0.25, 0.3) is 0 Å². The Hall–Kier alpha value is -2.57. The lowest BCUT2D eigenvalue weighted by Crippen LogP contribution is -2.48. The fraction of sp³-hybridized carbons (Fsp3) is 0.480. The van der Waals surface area contributed by atoms with Crippen molar-refractivity contribution < 1.29 is 19.4 Å². The van der Waals surface area contributed by atoms with E-state index in [-0.39, 0.29) is 6.61 Å². The molecule has 0 aliphatic heterocycles. The zero-order chi connectivity index (χ0) is 22.5. The van der Waals surface area contributed by atoms with Crippen molar-refractivity contribution >= 4 is 5.91 Å². The van der Waals surface area contributed by atoms with E-state index in [2.05, 4.69) is 5.32 Å². The maximum absolute atomic E-state index is 12.1. The number of primary amides is 1. The zero-order valence-corrected chi connectivity index (χ0v) is 18.7. The van der Waals surface area contributed by atoms with Gasteiger partial charge in [-0.15, -0.1) is 0 Å². The monoisotopic (exact) mass is 428 g/mol.